The van der Waals surface area contributed by atoms with Crippen LogP contribution in [0.25, 0.3) is 10.4 Å². The van der Waals surface area contributed by atoms with Crippen LogP contribution in [0, 0.1) is 0 Å². The third-order valence-electron chi connectivity index (χ3n) is 3.49. The number of carbonyl (C=O) groups is 1. The Hall–Kier alpha value is -1.61. The van der Waals surface area contributed by atoms with Crippen LogP contribution in [-0.4, -0.2) is 12.5 Å². The average Bonchev–Trinajstić information content (AvgIpc) is 2.89. The largest absolute Gasteiger partial charge is 0.351 e. The Bertz CT molecular complexity index is 615. The summed E-state index contributed by atoms with van der Waals surface area (Å²) in [7, 11) is 0. The fourth-order valence-electron chi connectivity index (χ4n) is 2.51. The van der Waals surface area contributed by atoms with Crippen molar-refractivity contribution >= 4 is 17.2 Å². The Balaban J connectivity index is 1.94. The first-order valence-electron chi connectivity index (χ1n) is 6.78. The molecule has 1 heterocycles. The maximum Gasteiger partial charge on any atom is 0.261 e. The van der Waals surface area contributed by atoms with Crippen molar-refractivity contribution < 1.29 is 4.79 Å². The van der Waals surface area contributed by atoms with E-state index in [1.54, 1.807) is 11.3 Å². The van der Waals surface area contributed by atoms with Gasteiger partial charge in [-0.1, -0.05) is 31.2 Å². The second-order valence-corrected chi connectivity index (χ2v) is 5.93. The van der Waals surface area contributed by atoms with Gasteiger partial charge in [0.2, 0.25) is 0 Å². The van der Waals surface area contributed by atoms with Crippen LogP contribution in [0.1, 0.15) is 34.1 Å². The summed E-state index contributed by atoms with van der Waals surface area (Å²) in [6.07, 6.45) is 3.10. The lowest BCUT2D eigenvalue weighted by Crippen LogP contribution is -2.22. The Morgan fingerprint density at radius 1 is 1.26 bits per heavy atom. The van der Waals surface area contributed by atoms with Gasteiger partial charge in [-0.2, -0.15) is 0 Å². The molecule has 1 aliphatic carbocycles. The highest BCUT2D eigenvalue weighted by Gasteiger charge is 2.20. The third-order valence-corrected chi connectivity index (χ3v) is 4.70. The second-order valence-electron chi connectivity index (χ2n) is 4.88. The topological polar surface area (TPSA) is 29.1 Å². The first-order valence-corrected chi connectivity index (χ1v) is 7.60. The van der Waals surface area contributed by atoms with Crippen LogP contribution in [0.2, 0.25) is 0 Å². The lowest BCUT2D eigenvalue weighted by molar-refractivity contribution is 0.0957. The smallest absolute Gasteiger partial charge is 0.261 e. The molecule has 19 heavy (non-hydrogen) atoms. The average molecular weight is 271 g/mol. The molecule has 0 spiro atoms. The summed E-state index contributed by atoms with van der Waals surface area (Å²) < 4.78 is 0. The number of fused-ring (bicyclic) bond motifs is 3. The van der Waals surface area contributed by atoms with Crippen LogP contribution in [0.15, 0.2) is 30.3 Å². The number of benzene rings is 1. The summed E-state index contributed by atoms with van der Waals surface area (Å²) in [6.45, 7) is 2.81. The maximum atomic E-state index is 12.0. The van der Waals surface area contributed by atoms with Gasteiger partial charge in [0, 0.05) is 11.4 Å². The molecular weight excluding hydrogens is 254 g/mol. The number of hydrogen-bond acceptors (Lipinski definition) is 2. The molecule has 1 aliphatic rings. The molecule has 0 atom stereocenters. The Morgan fingerprint density at radius 2 is 2.05 bits per heavy atom. The maximum absolute atomic E-state index is 12.0. The van der Waals surface area contributed by atoms with E-state index in [1.165, 1.54) is 21.6 Å². The van der Waals surface area contributed by atoms with E-state index in [0.717, 1.165) is 30.7 Å². The van der Waals surface area contributed by atoms with E-state index >= 15 is 0 Å². The fourth-order valence-corrected chi connectivity index (χ4v) is 3.70. The van der Waals surface area contributed by atoms with Crippen molar-refractivity contribution in [1.82, 2.24) is 5.32 Å². The molecule has 1 aromatic heterocycles. The zero-order valence-electron chi connectivity index (χ0n) is 11.0. The fraction of sp³-hybridized carbons (Fsp3) is 0.312. The summed E-state index contributed by atoms with van der Waals surface area (Å²) in [5.74, 6) is 0.0683. The van der Waals surface area contributed by atoms with Gasteiger partial charge in [0.25, 0.3) is 5.91 Å². The minimum Gasteiger partial charge on any atom is -0.351 e. The summed E-state index contributed by atoms with van der Waals surface area (Å²) in [4.78, 5) is 14.2. The monoisotopic (exact) mass is 271 g/mol. The third kappa shape index (κ3) is 2.30. The van der Waals surface area contributed by atoms with Crippen LogP contribution in [0.4, 0.5) is 0 Å². The zero-order valence-corrected chi connectivity index (χ0v) is 11.8. The number of amides is 1. The highest BCUT2D eigenvalue weighted by atomic mass is 32.1. The lowest BCUT2D eigenvalue weighted by Gasteiger charge is -2.15. The van der Waals surface area contributed by atoms with E-state index in [0.29, 0.717) is 0 Å². The van der Waals surface area contributed by atoms with Gasteiger partial charge in [0.15, 0.2) is 0 Å². The molecule has 1 amide bonds. The first-order chi connectivity index (χ1) is 9.29. The molecule has 0 aliphatic heterocycles. The molecule has 0 unspecified atom stereocenters. The minimum absolute atomic E-state index is 0.0683. The Morgan fingerprint density at radius 3 is 2.89 bits per heavy atom. The summed E-state index contributed by atoms with van der Waals surface area (Å²) in [5, 5.41) is 2.95. The van der Waals surface area contributed by atoms with Crippen molar-refractivity contribution in [3.05, 3.63) is 46.3 Å². The molecule has 0 saturated heterocycles. The van der Waals surface area contributed by atoms with Crippen molar-refractivity contribution in [2.45, 2.75) is 26.2 Å². The molecule has 1 aromatic carbocycles. The minimum atomic E-state index is 0.0683. The number of aryl methyl sites for hydroxylation is 2. The van der Waals surface area contributed by atoms with Gasteiger partial charge in [-0.15, -0.1) is 11.3 Å². The summed E-state index contributed by atoms with van der Waals surface area (Å²) >= 11 is 1.62. The standard InChI is InChI=1S/C16H17NOS/c1-2-9-17-16(18)14-10-12-8-7-11-5-3-4-6-13(11)15(12)19-14/h3-6,10H,2,7-9H2,1H3,(H,17,18). The van der Waals surface area contributed by atoms with E-state index in [-0.39, 0.29) is 5.91 Å². The quantitative estimate of drug-likeness (QED) is 0.907. The molecule has 0 bridgehead atoms. The molecule has 2 nitrogen and oxygen atoms in total. The highest BCUT2D eigenvalue weighted by Crippen LogP contribution is 2.39. The van der Waals surface area contributed by atoms with Crippen molar-refractivity contribution in [3.8, 4) is 10.4 Å². The molecule has 3 heteroatoms. The molecule has 3 rings (SSSR count). The summed E-state index contributed by atoms with van der Waals surface area (Å²) in [6, 6.07) is 10.6. The number of rotatable bonds is 3. The predicted molar refractivity (Wildman–Crippen MR) is 79.8 cm³/mol. The van der Waals surface area contributed by atoms with Gasteiger partial charge >= 0.3 is 0 Å². The van der Waals surface area contributed by atoms with Crippen molar-refractivity contribution in [2.24, 2.45) is 0 Å². The van der Waals surface area contributed by atoms with Gasteiger partial charge in [0.1, 0.15) is 0 Å². The van der Waals surface area contributed by atoms with Crippen LogP contribution in [0.3, 0.4) is 0 Å². The molecule has 1 N–H and O–H groups in total. The SMILES string of the molecule is CCCNC(=O)c1cc2c(s1)-c1ccccc1CC2. The van der Waals surface area contributed by atoms with Gasteiger partial charge in [-0.3, -0.25) is 4.79 Å². The van der Waals surface area contributed by atoms with E-state index in [1.807, 2.05) is 0 Å². The molecule has 0 saturated carbocycles. The van der Waals surface area contributed by atoms with Crippen LogP contribution < -0.4 is 5.32 Å². The molecular formula is C16H17NOS. The number of nitrogens with one attached hydrogen (secondary N) is 1. The Kier molecular flexibility index (Phi) is 3.38. The molecule has 98 valence electrons. The Labute approximate surface area is 117 Å². The van der Waals surface area contributed by atoms with Crippen molar-refractivity contribution in [2.75, 3.05) is 6.54 Å². The first kappa shape index (κ1) is 12.4. The van der Waals surface area contributed by atoms with Gasteiger partial charge in [0.05, 0.1) is 4.88 Å². The number of carbonyl (C=O) groups excluding carboxylic acids is 1. The molecule has 2 aromatic rings. The van der Waals surface area contributed by atoms with Crippen molar-refractivity contribution in [3.63, 3.8) is 0 Å². The van der Waals surface area contributed by atoms with E-state index < -0.39 is 0 Å². The lowest BCUT2D eigenvalue weighted by atomic mass is 9.91. The number of thiophene rings is 1. The predicted octanol–water partition coefficient (Wildman–Crippen LogP) is 3.65. The van der Waals surface area contributed by atoms with Gasteiger partial charge in [-0.25, -0.2) is 0 Å². The molecule has 0 fully saturated rings. The van der Waals surface area contributed by atoms with Gasteiger partial charge < -0.3 is 5.32 Å². The highest BCUT2D eigenvalue weighted by molar-refractivity contribution is 7.17. The number of hydrogen-bond donors (Lipinski definition) is 1. The second kappa shape index (κ2) is 5.17. The van der Waals surface area contributed by atoms with Crippen LogP contribution >= 0.6 is 11.3 Å². The van der Waals surface area contributed by atoms with E-state index in [2.05, 4.69) is 42.6 Å². The normalized spacial score (nSPS) is 12.7. The zero-order chi connectivity index (χ0) is 13.2. The van der Waals surface area contributed by atoms with Crippen molar-refractivity contribution in [1.29, 1.82) is 0 Å². The van der Waals surface area contributed by atoms with Gasteiger partial charge in [-0.05, 0) is 42.0 Å². The van der Waals surface area contributed by atoms with E-state index in [4.69, 9.17) is 0 Å². The van der Waals surface area contributed by atoms with Crippen LogP contribution in [0.5, 0.6) is 0 Å². The summed E-state index contributed by atoms with van der Waals surface area (Å²) in [5.41, 5.74) is 4.03. The van der Waals surface area contributed by atoms with Crippen LogP contribution in [-0.2, 0) is 12.8 Å². The van der Waals surface area contributed by atoms with E-state index in [9.17, 15) is 4.79 Å². The molecule has 0 radical (unpaired) electrons.